The molecule has 0 saturated carbocycles. The summed E-state index contributed by atoms with van der Waals surface area (Å²) in [6.45, 7) is 0.0854. The Morgan fingerprint density at radius 3 is 2.52 bits per heavy atom. The average Bonchev–Trinajstić information content (AvgIpc) is 2.67. The van der Waals surface area contributed by atoms with Crippen LogP contribution in [0.5, 0.6) is 11.5 Å². The third kappa shape index (κ3) is 4.09. The van der Waals surface area contributed by atoms with E-state index in [0.29, 0.717) is 17.9 Å². The normalized spacial score (nSPS) is 16.6. The van der Waals surface area contributed by atoms with Crippen LogP contribution in [0.25, 0.3) is 0 Å². The molecule has 3 rings (SSSR count). The van der Waals surface area contributed by atoms with Crippen molar-refractivity contribution in [3.8, 4) is 11.5 Å². The van der Waals surface area contributed by atoms with Crippen molar-refractivity contribution in [2.24, 2.45) is 0 Å². The zero-order valence-electron chi connectivity index (χ0n) is 13.8. The van der Waals surface area contributed by atoms with Crippen LogP contribution in [0.3, 0.4) is 0 Å². The molecule has 0 aliphatic carbocycles. The summed E-state index contributed by atoms with van der Waals surface area (Å²) in [5.74, 6) is 0.182. The van der Waals surface area contributed by atoms with Crippen LogP contribution in [0.2, 0.25) is 0 Å². The molecule has 25 heavy (non-hydrogen) atoms. The second-order valence-corrected chi connectivity index (χ2v) is 5.64. The second-order valence-electron chi connectivity index (χ2n) is 5.64. The van der Waals surface area contributed by atoms with Crippen LogP contribution >= 0.6 is 0 Å². The molecule has 1 aliphatic heterocycles. The Labute approximate surface area is 145 Å². The van der Waals surface area contributed by atoms with E-state index in [9.17, 15) is 9.59 Å². The van der Waals surface area contributed by atoms with Gasteiger partial charge in [-0.2, -0.15) is 0 Å². The molecule has 6 heteroatoms. The maximum atomic E-state index is 12.5. The largest absolute Gasteiger partial charge is 0.485 e. The van der Waals surface area contributed by atoms with E-state index in [1.165, 1.54) is 7.11 Å². The van der Waals surface area contributed by atoms with Gasteiger partial charge in [0.2, 0.25) is 6.10 Å². The molecule has 130 valence electrons. The molecule has 2 atom stereocenters. The topological polar surface area (TPSA) is 73.9 Å². The highest BCUT2D eigenvalue weighted by atomic mass is 16.6. The second kappa shape index (κ2) is 7.70. The van der Waals surface area contributed by atoms with Gasteiger partial charge in [0.05, 0.1) is 7.11 Å². The lowest BCUT2D eigenvalue weighted by Gasteiger charge is -2.27. The highest BCUT2D eigenvalue weighted by molar-refractivity contribution is 5.87. The van der Waals surface area contributed by atoms with Gasteiger partial charge in [0.25, 0.3) is 5.91 Å². The third-order valence-corrected chi connectivity index (χ3v) is 3.89. The van der Waals surface area contributed by atoms with Crippen molar-refractivity contribution in [1.82, 2.24) is 5.32 Å². The van der Waals surface area contributed by atoms with Crippen LogP contribution in [0.1, 0.15) is 5.56 Å². The Morgan fingerprint density at radius 2 is 1.80 bits per heavy atom. The van der Waals surface area contributed by atoms with Gasteiger partial charge in [-0.05, 0) is 17.7 Å². The van der Waals surface area contributed by atoms with E-state index < -0.39 is 24.0 Å². The van der Waals surface area contributed by atoms with Crippen LogP contribution < -0.4 is 14.8 Å². The summed E-state index contributed by atoms with van der Waals surface area (Å²) < 4.78 is 16.0. The summed E-state index contributed by atoms with van der Waals surface area (Å²) in [5.41, 5.74) is 0.921. The molecule has 1 aliphatic rings. The molecule has 1 N–H and O–H groups in total. The van der Waals surface area contributed by atoms with Gasteiger partial charge in [0.1, 0.15) is 12.6 Å². The van der Waals surface area contributed by atoms with E-state index in [2.05, 4.69) is 5.32 Å². The Bertz CT molecular complexity index is 746. The quantitative estimate of drug-likeness (QED) is 0.839. The molecule has 0 radical (unpaired) electrons. The first-order chi connectivity index (χ1) is 12.2. The minimum absolute atomic E-state index is 0.0854. The number of esters is 1. The zero-order valence-corrected chi connectivity index (χ0v) is 13.8. The molecule has 1 heterocycles. The molecule has 0 fully saturated rings. The molecule has 1 amide bonds. The first kappa shape index (κ1) is 16.8. The number of fused-ring (bicyclic) bond motifs is 1. The molecule has 0 spiro atoms. The maximum Gasteiger partial charge on any atom is 0.328 e. The minimum atomic E-state index is -0.821. The number of para-hydroxylation sites is 2. The zero-order chi connectivity index (χ0) is 17.6. The lowest BCUT2D eigenvalue weighted by molar-refractivity contribution is -0.146. The minimum Gasteiger partial charge on any atom is -0.485 e. The molecular weight excluding hydrogens is 322 g/mol. The van der Waals surface area contributed by atoms with Crippen molar-refractivity contribution in [3.05, 3.63) is 60.2 Å². The van der Waals surface area contributed by atoms with Gasteiger partial charge in [0, 0.05) is 6.42 Å². The smallest absolute Gasteiger partial charge is 0.328 e. The van der Waals surface area contributed by atoms with Gasteiger partial charge in [0.15, 0.2) is 11.5 Å². The summed E-state index contributed by atoms with van der Waals surface area (Å²) in [4.78, 5) is 24.5. The van der Waals surface area contributed by atoms with Gasteiger partial charge < -0.3 is 19.5 Å². The molecule has 1 unspecified atom stereocenters. The highest BCUT2D eigenvalue weighted by Gasteiger charge is 2.31. The first-order valence-corrected chi connectivity index (χ1v) is 7.98. The number of hydrogen-bond donors (Lipinski definition) is 1. The van der Waals surface area contributed by atoms with E-state index in [1.54, 1.807) is 18.2 Å². The average molecular weight is 341 g/mol. The summed E-state index contributed by atoms with van der Waals surface area (Å²) in [7, 11) is 1.29. The van der Waals surface area contributed by atoms with Crippen molar-refractivity contribution in [1.29, 1.82) is 0 Å². The summed E-state index contributed by atoms with van der Waals surface area (Å²) >= 11 is 0. The van der Waals surface area contributed by atoms with Crippen molar-refractivity contribution in [3.63, 3.8) is 0 Å². The van der Waals surface area contributed by atoms with E-state index in [4.69, 9.17) is 14.2 Å². The van der Waals surface area contributed by atoms with Crippen LogP contribution in [0.15, 0.2) is 54.6 Å². The lowest BCUT2D eigenvalue weighted by Crippen LogP contribution is -2.51. The van der Waals surface area contributed by atoms with E-state index in [1.807, 2.05) is 36.4 Å². The van der Waals surface area contributed by atoms with Crippen molar-refractivity contribution < 1.29 is 23.8 Å². The molecule has 2 aromatic rings. The van der Waals surface area contributed by atoms with E-state index in [0.717, 1.165) is 5.56 Å². The summed E-state index contributed by atoms with van der Waals surface area (Å²) in [6, 6.07) is 15.8. The number of hydrogen-bond acceptors (Lipinski definition) is 5. The summed E-state index contributed by atoms with van der Waals surface area (Å²) in [5, 5.41) is 2.70. The molecule has 0 bridgehead atoms. The number of carbonyl (C=O) groups is 2. The van der Waals surface area contributed by atoms with Gasteiger partial charge in [-0.25, -0.2) is 4.79 Å². The molecule has 0 saturated heterocycles. The maximum absolute atomic E-state index is 12.5. The van der Waals surface area contributed by atoms with Crippen LogP contribution in [0, 0.1) is 0 Å². The van der Waals surface area contributed by atoms with Crippen LogP contribution in [-0.2, 0) is 20.7 Å². The molecular formula is C19H19NO5. The summed E-state index contributed by atoms with van der Waals surface area (Å²) in [6.07, 6.45) is -0.485. The molecule has 6 nitrogen and oxygen atoms in total. The fourth-order valence-corrected chi connectivity index (χ4v) is 2.60. The standard InChI is InChI=1S/C19H19NO5/c1-23-19(22)14(11-13-7-3-2-4-8-13)20-18(21)17-12-24-15-9-5-6-10-16(15)25-17/h2-10,14,17H,11-12H2,1H3,(H,20,21)/t14-,17?/m0/s1. The van der Waals surface area contributed by atoms with Gasteiger partial charge in [-0.15, -0.1) is 0 Å². The number of methoxy groups -OCH3 is 1. The fourth-order valence-electron chi connectivity index (χ4n) is 2.60. The monoisotopic (exact) mass is 341 g/mol. The fraction of sp³-hybridized carbons (Fsp3) is 0.263. The third-order valence-electron chi connectivity index (χ3n) is 3.89. The molecule has 0 aromatic heterocycles. The van der Waals surface area contributed by atoms with Crippen LogP contribution in [0.4, 0.5) is 0 Å². The first-order valence-electron chi connectivity index (χ1n) is 7.98. The van der Waals surface area contributed by atoms with Gasteiger partial charge in [-0.3, -0.25) is 4.79 Å². The van der Waals surface area contributed by atoms with Crippen molar-refractivity contribution >= 4 is 11.9 Å². The number of benzene rings is 2. The number of amides is 1. The SMILES string of the molecule is COC(=O)[C@H](Cc1ccccc1)NC(=O)C1COc2ccccc2O1. The number of ether oxygens (including phenoxy) is 3. The highest BCUT2D eigenvalue weighted by Crippen LogP contribution is 2.30. The number of nitrogens with one attached hydrogen (secondary N) is 1. The Hall–Kier alpha value is -3.02. The van der Waals surface area contributed by atoms with Crippen LogP contribution in [-0.4, -0.2) is 37.7 Å². The number of carbonyl (C=O) groups excluding carboxylic acids is 2. The predicted molar refractivity (Wildman–Crippen MR) is 90.4 cm³/mol. The Kier molecular flexibility index (Phi) is 5.18. The molecule has 2 aromatic carbocycles. The van der Waals surface area contributed by atoms with Crippen molar-refractivity contribution in [2.75, 3.05) is 13.7 Å². The van der Waals surface area contributed by atoms with Crippen molar-refractivity contribution in [2.45, 2.75) is 18.6 Å². The Balaban J connectivity index is 1.67. The predicted octanol–water partition coefficient (Wildman–Crippen LogP) is 1.73. The van der Waals surface area contributed by atoms with E-state index in [-0.39, 0.29) is 6.61 Å². The Morgan fingerprint density at radius 1 is 1.12 bits per heavy atom. The van der Waals surface area contributed by atoms with Gasteiger partial charge in [-0.1, -0.05) is 42.5 Å². The van der Waals surface area contributed by atoms with Gasteiger partial charge >= 0.3 is 5.97 Å². The number of rotatable bonds is 5. The lowest BCUT2D eigenvalue weighted by atomic mass is 10.1. The van der Waals surface area contributed by atoms with E-state index >= 15 is 0 Å².